The molecular weight excluding hydrogens is 275 g/mol. The molecule has 0 fully saturated rings. The number of hydrogen-bond donors (Lipinski definition) is 2. The summed E-state index contributed by atoms with van der Waals surface area (Å²) in [7, 11) is 1.50. The van der Waals surface area contributed by atoms with Crippen molar-refractivity contribution >= 4 is 12.0 Å². The van der Waals surface area contributed by atoms with Gasteiger partial charge < -0.3 is 15.3 Å². The van der Waals surface area contributed by atoms with E-state index in [9.17, 15) is 19.1 Å². The first kappa shape index (κ1) is 16.9. The molecule has 0 aliphatic heterocycles. The molecule has 0 aliphatic rings. The number of benzene rings is 1. The van der Waals surface area contributed by atoms with E-state index in [4.69, 9.17) is 0 Å². The van der Waals surface area contributed by atoms with E-state index in [0.29, 0.717) is 5.56 Å². The molecule has 6 heteroatoms. The van der Waals surface area contributed by atoms with Crippen molar-refractivity contribution in [2.24, 2.45) is 0 Å². The van der Waals surface area contributed by atoms with Crippen LogP contribution >= 0.6 is 0 Å². The molecule has 21 heavy (non-hydrogen) atoms. The van der Waals surface area contributed by atoms with Gasteiger partial charge in [-0.15, -0.1) is 0 Å². The van der Waals surface area contributed by atoms with Gasteiger partial charge in [0.05, 0.1) is 0 Å². The maximum atomic E-state index is 13.6. The Bertz CT molecular complexity index is 515. The molecule has 1 aromatic rings. The second kappa shape index (κ2) is 7.06. The molecule has 0 spiro atoms. The molecule has 0 unspecified atom stereocenters. The predicted molar refractivity (Wildman–Crippen MR) is 77.3 cm³/mol. The number of amides is 2. The highest BCUT2D eigenvalue weighted by Gasteiger charge is 2.37. The van der Waals surface area contributed by atoms with Crippen LogP contribution in [0.1, 0.15) is 32.3 Å². The van der Waals surface area contributed by atoms with Crippen LogP contribution in [0.15, 0.2) is 24.3 Å². The highest BCUT2D eigenvalue weighted by molar-refractivity contribution is 5.86. The molecule has 0 aliphatic carbocycles. The van der Waals surface area contributed by atoms with Crippen molar-refractivity contribution in [2.75, 3.05) is 7.05 Å². The third kappa shape index (κ3) is 3.93. The first-order chi connectivity index (χ1) is 9.86. The van der Waals surface area contributed by atoms with Crippen LogP contribution in [0.5, 0.6) is 0 Å². The highest BCUT2D eigenvalue weighted by Crippen LogP contribution is 2.16. The number of nitrogens with zero attached hydrogens (tertiary/aromatic N) is 1. The lowest BCUT2D eigenvalue weighted by Crippen LogP contribution is -2.56. The van der Waals surface area contributed by atoms with E-state index in [0.717, 1.165) is 0 Å². The van der Waals surface area contributed by atoms with Crippen LogP contribution in [-0.4, -0.2) is 34.6 Å². The van der Waals surface area contributed by atoms with E-state index in [1.165, 1.54) is 18.0 Å². The van der Waals surface area contributed by atoms with E-state index >= 15 is 0 Å². The maximum absolute atomic E-state index is 13.6. The van der Waals surface area contributed by atoms with Crippen LogP contribution in [0.2, 0.25) is 0 Å². The van der Waals surface area contributed by atoms with Gasteiger partial charge in [0.25, 0.3) is 0 Å². The van der Waals surface area contributed by atoms with Crippen LogP contribution < -0.4 is 5.32 Å². The van der Waals surface area contributed by atoms with E-state index in [2.05, 4.69) is 5.32 Å². The predicted octanol–water partition coefficient (Wildman–Crippen LogP) is 2.61. The Morgan fingerprint density at radius 3 is 2.33 bits per heavy atom. The second-order valence-electron chi connectivity index (χ2n) is 4.97. The summed E-state index contributed by atoms with van der Waals surface area (Å²) >= 11 is 0. The average molecular weight is 296 g/mol. The number of nitrogens with one attached hydrogen (secondary N) is 1. The Morgan fingerprint density at radius 2 is 1.86 bits per heavy atom. The molecule has 0 saturated heterocycles. The molecule has 5 nitrogen and oxygen atoms in total. The summed E-state index contributed by atoms with van der Waals surface area (Å²) in [4.78, 5) is 24.8. The van der Waals surface area contributed by atoms with Crippen LogP contribution in [0.3, 0.4) is 0 Å². The summed E-state index contributed by atoms with van der Waals surface area (Å²) in [5.74, 6) is -1.47. The highest BCUT2D eigenvalue weighted by atomic mass is 19.1. The van der Waals surface area contributed by atoms with Crippen molar-refractivity contribution in [3.05, 3.63) is 35.6 Å². The molecule has 0 saturated carbocycles. The Kier molecular flexibility index (Phi) is 5.69. The largest absolute Gasteiger partial charge is 0.480 e. The lowest BCUT2D eigenvalue weighted by atomic mass is 9.93. The quantitative estimate of drug-likeness (QED) is 0.847. The first-order valence-electron chi connectivity index (χ1n) is 6.86. The van der Waals surface area contributed by atoms with Crippen molar-refractivity contribution in [1.29, 1.82) is 0 Å². The molecule has 116 valence electrons. The number of halogens is 1. The second-order valence-corrected chi connectivity index (χ2v) is 4.97. The summed E-state index contributed by atoms with van der Waals surface area (Å²) in [6.07, 6.45) is 0.552. The summed E-state index contributed by atoms with van der Waals surface area (Å²) in [5.41, 5.74) is -0.912. The SMILES string of the molecule is CCC(CC)(NC(=O)N(C)Cc1ccccc1F)C(=O)O. The van der Waals surface area contributed by atoms with E-state index < -0.39 is 23.4 Å². The standard InChI is InChI=1S/C15H21FN2O3/c1-4-15(5-2,13(19)20)17-14(21)18(3)10-11-8-6-7-9-12(11)16/h6-9H,4-5,10H2,1-3H3,(H,17,21)(H,19,20). The van der Waals surface area contributed by atoms with Gasteiger partial charge in [-0.1, -0.05) is 32.0 Å². The number of carboxylic acid groups (broad SMARTS) is 1. The fourth-order valence-electron chi connectivity index (χ4n) is 2.04. The van der Waals surface area contributed by atoms with Gasteiger partial charge in [-0.2, -0.15) is 0 Å². The molecule has 2 amide bonds. The minimum absolute atomic E-state index is 0.0711. The molecular formula is C15H21FN2O3. The van der Waals surface area contributed by atoms with Gasteiger partial charge in [-0.05, 0) is 18.9 Å². The molecule has 1 rings (SSSR count). The number of rotatable bonds is 6. The number of aliphatic carboxylic acids is 1. The number of hydrogen-bond acceptors (Lipinski definition) is 2. The van der Waals surface area contributed by atoms with Gasteiger partial charge in [0, 0.05) is 19.2 Å². The van der Waals surface area contributed by atoms with Crippen molar-refractivity contribution in [2.45, 2.75) is 38.8 Å². The number of urea groups is 1. The molecule has 0 heterocycles. The molecule has 0 atom stereocenters. The Labute approximate surface area is 123 Å². The minimum atomic E-state index is -1.29. The third-order valence-corrected chi connectivity index (χ3v) is 3.67. The molecule has 0 radical (unpaired) electrons. The van der Waals surface area contributed by atoms with Crippen LogP contribution in [-0.2, 0) is 11.3 Å². The fraction of sp³-hybridized carbons (Fsp3) is 0.467. The van der Waals surface area contributed by atoms with Gasteiger partial charge in [0.1, 0.15) is 11.4 Å². The summed E-state index contributed by atoms with van der Waals surface area (Å²) in [6.45, 7) is 3.48. The summed E-state index contributed by atoms with van der Waals surface area (Å²) < 4.78 is 13.6. The number of carbonyl (C=O) groups excluding carboxylic acids is 1. The van der Waals surface area contributed by atoms with E-state index in [1.807, 2.05) is 0 Å². The zero-order chi connectivity index (χ0) is 16.0. The zero-order valence-corrected chi connectivity index (χ0v) is 12.5. The molecule has 1 aromatic carbocycles. The Morgan fingerprint density at radius 1 is 1.29 bits per heavy atom. The number of carboxylic acids is 1. The zero-order valence-electron chi connectivity index (χ0n) is 12.5. The third-order valence-electron chi connectivity index (χ3n) is 3.67. The topological polar surface area (TPSA) is 69.6 Å². The van der Waals surface area contributed by atoms with Crippen LogP contribution in [0, 0.1) is 5.82 Å². The van der Waals surface area contributed by atoms with Crippen molar-refractivity contribution in [3.8, 4) is 0 Å². The Hall–Kier alpha value is -2.11. The van der Waals surface area contributed by atoms with Crippen LogP contribution in [0.4, 0.5) is 9.18 Å². The smallest absolute Gasteiger partial charge is 0.329 e. The number of carbonyl (C=O) groups is 2. The van der Waals surface area contributed by atoms with E-state index in [1.54, 1.807) is 32.0 Å². The fourth-order valence-corrected chi connectivity index (χ4v) is 2.04. The van der Waals surface area contributed by atoms with Gasteiger partial charge in [-0.25, -0.2) is 14.0 Å². The van der Waals surface area contributed by atoms with Gasteiger partial charge in [0.15, 0.2) is 0 Å². The minimum Gasteiger partial charge on any atom is -0.480 e. The van der Waals surface area contributed by atoms with Gasteiger partial charge in [-0.3, -0.25) is 0 Å². The molecule has 2 N–H and O–H groups in total. The lowest BCUT2D eigenvalue weighted by Gasteiger charge is -2.30. The lowest BCUT2D eigenvalue weighted by molar-refractivity contribution is -0.144. The van der Waals surface area contributed by atoms with Crippen molar-refractivity contribution in [3.63, 3.8) is 0 Å². The normalized spacial score (nSPS) is 11.0. The maximum Gasteiger partial charge on any atom is 0.329 e. The molecule has 0 bridgehead atoms. The average Bonchev–Trinajstić information content (AvgIpc) is 2.46. The monoisotopic (exact) mass is 296 g/mol. The van der Waals surface area contributed by atoms with Crippen molar-refractivity contribution < 1.29 is 19.1 Å². The van der Waals surface area contributed by atoms with E-state index in [-0.39, 0.29) is 19.4 Å². The summed E-state index contributed by atoms with van der Waals surface area (Å²) in [6, 6.07) is 5.63. The van der Waals surface area contributed by atoms with Gasteiger partial charge in [0.2, 0.25) is 0 Å². The first-order valence-corrected chi connectivity index (χ1v) is 6.86. The van der Waals surface area contributed by atoms with Gasteiger partial charge >= 0.3 is 12.0 Å². The van der Waals surface area contributed by atoms with Crippen molar-refractivity contribution in [1.82, 2.24) is 10.2 Å². The Balaban J connectivity index is 2.79. The van der Waals surface area contributed by atoms with Crippen LogP contribution in [0.25, 0.3) is 0 Å². The molecule has 0 aromatic heterocycles. The summed E-state index contributed by atoms with van der Waals surface area (Å²) in [5, 5.41) is 11.8.